The molecule has 2 N–H and O–H groups in total. The molecule has 120 valence electrons. The number of hydrogen-bond acceptors (Lipinski definition) is 2. The SMILES string of the molecule is CN(C)C1(CNC(=S)N[C@@H]2C[C@@H]3CC[C@H]2C3)CCCCC1. The van der Waals surface area contributed by atoms with E-state index in [0.717, 1.165) is 23.5 Å². The lowest BCUT2D eigenvalue weighted by atomic mass is 9.80. The molecule has 3 aliphatic carbocycles. The van der Waals surface area contributed by atoms with Gasteiger partial charge >= 0.3 is 0 Å². The Bertz CT molecular complexity index is 376. The van der Waals surface area contributed by atoms with Gasteiger partial charge in [0.2, 0.25) is 0 Å². The molecule has 0 heterocycles. The topological polar surface area (TPSA) is 27.3 Å². The van der Waals surface area contributed by atoms with Crippen LogP contribution in [0.15, 0.2) is 0 Å². The molecule has 0 aromatic carbocycles. The predicted molar refractivity (Wildman–Crippen MR) is 92.5 cm³/mol. The molecule has 0 spiro atoms. The fourth-order valence-electron chi connectivity index (χ4n) is 4.88. The Morgan fingerprint density at radius 2 is 1.90 bits per heavy atom. The zero-order valence-corrected chi connectivity index (χ0v) is 14.5. The van der Waals surface area contributed by atoms with Crippen molar-refractivity contribution < 1.29 is 0 Å². The number of rotatable bonds is 4. The summed E-state index contributed by atoms with van der Waals surface area (Å²) in [5, 5.41) is 8.04. The van der Waals surface area contributed by atoms with Crippen LogP contribution in [0.2, 0.25) is 0 Å². The Kier molecular flexibility index (Phi) is 4.75. The summed E-state index contributed by atoms with van der Waals surface area (Å²) in [4.78, 5) is 2.42. The first-order valence-electron chi connectivity index (χ1n) is 8.81. The van der Waals surface area contributed by atoms with E-state index < -0.39 is 0 Å². The molecule has 4 heteroatoms. The highest BCUT2D eigenvalue weighted by Gasteiger charge is 2.40. The second-order valence-corrected chi connectivity index (χ2v) is 8.20. The highest BCUT2D eigenvalue weighted by Crippen LogP contribution is 2.44. The second-order valence-electron chi connectivity index (χ2n) is 7.79. The third-order valence-electron chi connectivity index (χ3n) is 6.37. The Morgan fingerprint density at radius 3 is 2.48 bits per heavy atom. The van der Waals surface area contributed by atoms with Crippen LogP contribution in [0.5, 0.6) is 0 Å². The van der Waals surface area contributed by atoms with Gasteiger partial charge in [-0.3, -0.25) is 0 Å². The van der Waals surface area contributed by atoms with Crippen LogP contribution in [0, 0.1) is 11.8 Å². The largest absolute Gasteiger partial charge is 0.361 e. The number of thiocarbonyl (C=S) groups is 1. The molecular weight excluding hydrogens is 278 g/mol. The molecule has 3 aliphatic rings. The molecule has 0 aromatic rings. The Balaban J connectivity index is 1.48. The average molecular weight is 310 g/mol. The van der Waals surface area contributed by atoms with E-state index in [-0.39, 0.29) is 0 Å². The lowest BCUT2D eigenvalue weighted by molar-refractivity contribution is 0.104. The van der Waals surface area contributed by atoms with E-state index >= 15 is 0 Å². The van der Waals surface area contributed by atoms with Crippen LogP contribution in [0.25, 0.3) is 0 Å². The van der Waals surface area contributed by atoms with Crippen LogP contribution in [-0.2, 0) is 0 Å². The van der Waals surface area contributed by atoms with Crippen LogP contribution < -0.4 is 10.6 Å². The number of hydrogen-bond donors (Lipinski definition) is 2. The van der Waals surface area contributed by atoms with Crippen LogP contribution in [0.3, 0.4) is 0 Å². The zero-order chi connectivity index (χ0) is 14.9. The maximum absolute atomic E-state index is 5.57. The van der Waals surface area contributed by atoms with E-state index in [1.165, 1.54) is 57.8 Å². The Morgan fingerprint density at radius 1 is 1.14 bits per heavy atom. The zero-order valence-electron chi connectivity index (χ0n) is 13.7. The van der Waals surface area contributed by atoms with Crippen LogP contribution in [-0.4, -0.2) is 42.2 Å². The Labute approximate surface area is 135 Å². The van der Waals surface area contributed by atoms with Crippen molar-refractivity contribution in [3.63, 3.8) is 0 Å². The highest BCUT2D eigenvalue weighted by molar-refractivity contribution is 7.80. The highest BCUT2D eigenvalue weighted by atomic mass is 32.1. The molecule has 0 aliphatic heterocycles. The van der Waals surface area contributed by atoms with E-state index in [1.54, 1.807) is 0 Å². The van der Waals surface area contributed by atoms with E-state index in [0.29, 0.717) is 11.6 Å². The molecule has 3 rings (SSSR count). The molecule has 2 bridgehead atoms. The third-order valence-corrected chi connectivity index (χ3v) is 6.63. The maximum atomic E-state index is 5.57. The van der Waals surface area contributed by atoms with E-state index in [1.807, 2.05) is 0 Å². The second kappa shape index (κ2) is 6.41. The molecule has 3 atom stereocenters. The molecule has 3 saturated carbocycles. The van der Waals surface area contributed by atoms with Crippen molar-refractivity contribution in [2.75, 3.05) is 20.6 Å². The minimum absolute atomic E-state index is 0.304. The van der Waals surface area contributed by atoms with Gasteiger partial charge in [-0.2, -0.15) is 0 Å². The van der Waals surface area contributed by atoms with Crippen molar-refractivity contribution in [3.05, 3.63) is 0 Å². The third kappa shape index (κ3) is 3.37. The first-order valence-corrected chi connectivity index (χ1v) is 9.22. The number of nitrogens with zero attached hydrogens (tertiary/aromatic N) is 1. The molecule has 0 amide bonds. The van der Waals surface area contributed by atoms with Gasteiger partial charge in [0.05, 0.1) is 0 Å². The molecule has 0 aromatic heterocycles. The molecule has 0 radical (unpaired) electrons. The van der Waals surface area contributed by atoms with Gasteiger partial charge in [-0.25, -0.2) is 0 Å². The molecule has 21 heavy (non-hydrogen) atoms. The summed E-state index contributed by atoms with van der Waals surface area (Å²) in [6.07, 6.45) is 12.3. The van der Waals surface area contributed by atoms with Crippen molar-refractivity contribution in [1.82, 2.24) is 15.5 Å². The van der Waals surface area contributed by atoms with Gasteiger partial charge in [-0.1, -0.05) is 25.7 Å². The van der Waals surface area contributed by atoms with Crippen molar-refractivity contribution >= 4 is 17.3 Å². The first-order chi connectivity index (χ1) is 10.1. The van der Waals surface area contributed by atoms with Crippen LogP contribution >= 0.6 is 12.2 Å². The smallest absolute Gasteiger partial charge is 0.166 e. The van der Waals surface area contributed by atoms with Crippen molar-refractivity contribution in [3.8, 4) is 0 Å². The Hall–Kier alpha value is -0.350. The van der Waals surface area contributed by atoms with Crippen molar-refractivity contribution in [2.24, 2.45) is 11.8 Å². The number of nitrogens with one attached hydrogen (secondary N) is 2. The van der Waals surface area contributed by atoms with Crippen LogP contribution in [0.1, 0.15) is 57.8 Å². The number of likely N-dealkylation sites (N-methyl/N-ethyl adjacent to an activating group) is 1. The minimum atomic E-state index is 0.304. The average Bonchev–Trinajstić information content (AvgIpc) is 3.08. The number of fused-ring (bicyclic) bond motifs is 2. The van der Waals surface area contributed by atoms with Gasteiger partial charge in [0.25, 0.3) is 0 Å². The lowest BCUT2D eigenvalue weighted by Crippen LogP contribution is -2.56. The summed E-state index contributed by atoms with van der Waals surface area (Å²) >= 11 is 5.57. The fourth-order valence-corrected chi connectivity index (χ4v) is 5.10. The quantitative estimate of drug-likeness (QED) is 0.781. The normalized spacial score (nSPS) is 34.1. The van der Waals surface area contributed by atoms with E-state index in [2.05, 4.69) is 29.6 Å². The fraction of sp³-hybridized carbons (Fsp3) is 0.941. The monoisotopic (exact) mass is 309 g/mol. The summed E-state index contributed by atoms with van der Waals surface area (Å²) in [6.45, 7) is 0.993. The van der Waals surface area contributed by atoms with Crippen molar-refractivity contribution in [2.45, 2.75) is 69.4 Å². The summed E-state index contributed by atoms with van der Waals surface area (Å²) < 4.78 is 0. The molecule has 0 saturated heterocycles. The summed E-state index contributed by atoms with van der Waals surface area (Å²) in [5.74, 6) is 1.86. The van der Waals surface area contributed by atoms with Gasteiger partial charge in [0, 0.05) is 18.1 Å². The van der Waals surface area contributed by atoms with E-state index in [4.69, 9.17) is 12.2 Å². The lowest BCUT2D eigenvalue weighted by Gasteiger charge is -2.43. The molecule has 0 unspecified atom stereocenters. The summed E-state index contributed by atoms with van der Waals surface area (Å²) in [5.41, 5.74) is 0.304. The van der Waals surface area contributed by atoms with E-state index in [9.17, 15) is 0 Å². The summed E-state index contributed by atoms with van der Waals surface area (Å²) in [7, 11) is 4.44. The van der Waals surface area contributed by atoms with Crippen LogP contribution in [0.4, 0.5) is 0 Å². The van der Waals surface area contributed by atoms with Gasteiger partial charge in [0.15, 0.2) is 5.11 Å². The maximum Gasteiger partial charge on any atom is 0.166 e. The van der Waals surface area contributed by atoms with Gasteiger partial charge < -0.3 is 15.5 Å². The molecule has 3 fully saturated rings. The van der Waals surface area contributed by atoms with Gasteiger partial charge in [-0.15, -0.1) is 0 Å². The summed E-state index contributed by atoms with van der Waals surface area (Å²) in [6, 6.07) is 0.644. The minimum Gasteiger partial charge on any atom is -0.361 e. The van der Waals surface area contributed by atoms with Gasteiger partial charge in [0.1, 0.15) is 0 Å². The first kappa shape index (κ1) is 15.5. The molecule has 3 nitrogen and oxygen atoms in total. The molecular formula is C17H31N3S. The van der Waals surface area contributed by atoms with Gasteiger partial charge in [-0.05, 0) is 70.3 Å². The van der Waals surface area contributed by atoms with Crippen molar-refractivity contribution in [1.29, 1.82) is 0 Å². The standard InChI is InChI=1S/C17H31N3S/c1-20(2)17(8-4-3-5-9-17)12-18-16(21)19-15-11-13-6-7-14(15)10-13/h13-15H,3-12H2,1-2H3,(H2,18,19,21)/t13-,14+,15-/m1/s1. The predicted octanol–water partition coefficient (Wildman–Crippen LogP) is 2.90.